The van der Waals surface area contributed by atoms with Crippen molar-refractivity contribution in [1.29, 1.82) is 0 Å². The SMILES string of the molecule is COc1cccc(-c2cccc(C)c2[N+](=O)[O-])c1[N+](=O)[O-]. The normalized spacial score (nSPS) is 10.2. The lowest BCUT2D eigenvalue weighted by Gasteiger charge is -2.08. The Morgan fingerprint density at radius 1 is 0.905 bits per heavy atom. The van der Waals surface area contributed by atoms with Gasteiger partial charge < -0.3 is 4.74 Å². The molecule has 0 saturated heterocycles. The zero-order chi connectivity index (χ0) is 15.6. The van der Waals surface area contributed by atoms with Gasteiger partial charge in [-0.15, -0.1) is 0 Å². The van der Waals surface area contributed by atoms with Gasteiger partial charge in [0.25, 0.3) is 5.69 Å². The molecule has 108 valence electrons. The van der Waals surface area contributed by atoms with E-state index in [4.69, 9.17) is 4.74 Å². The number of nitrogens with zero attached hydrogens (tertiary/aromatic N) is 2. The van der Waals surface area contributed by atoms with Crippen molar-refractivity contribution in [3.63, 3.8) is 0 Å². The summed E-state index contributed by atoms with van der Waals surface area (Å²) in [4.78, 5) is 21.4. The third-order valence-corrected chi connectivity index (χ3v) is 3.11. The molecule has 2 aromatic carbocycles. The Balaban J connectivity index is 2.83. The number of hydrogen-bond acceptors (Lipinski definition) is 5. The molecule has 0 aliphatic heterocycles. The standard InChI is InChI=1S/C14H12N2O5/c1-9-5-3-6-10(13(9)15(17)18)11-7-4-8-12(21-2)14(11)16(19)20/h3-8H,1-2H3. The first-order valence-electron chi connectivity index (χ1n) is 6.03. The van der Waals surface area contributed by atoms with E-state index in [2.05, 4.69) is 0 Å². The van der Waals surface area contributed by atoms with Gasteiger partial charge in [-0.3, -0.25) is 20.2 Å². The van der Waals surface area contributed by atoms with Gasteiger partial charge in [0.2, 0.25) is 0 Å². The van der Waals surface area contributed by atoms with Crippen LogP contribution in [-0.2, 0) is 0 Å². The van der Waals surface area contributed by atoms with Crippen LogP contribution in [0.4, 0.5) is 11.4 Å². The van der Waals surface area contributed by atoms with Crippen molar-refractivity contribution in [1.82, 2.24) is 0 Å². The van der Waals surface area contributed by atoms with E-state index >= 15 is 0 Å². The molecular formula is C14H12N2O5. The number of nitro benzene ring substituents is 2. The van der Waals surface area contributed by atoms with Gasteiger partial charge in [0.15, 0.2) is 5.75 Å². The van der Waals surface area contributed by atoms with Crippen LogP contribution in [0.5, 0.6) is 5.75 Å². The zero-order valence-electron chi connectivity index (χ0n) is 11.4. The number of aryl methyl sites for hydroxylation is 1. The molecule has 0 aliphatic carbocycles. The van der Waals surface area contributed by atoms with Gasteiger partial charge in [0, 0.05) is 5.56 Å². The highest BCUT2D eigenvalue weighted by molar-refractivity contribution is 5.84. The predicted molar refractivity (Wildman–Crippen MR) is 76.5 cm³/mol. The average molecular weight is 288 g/mol. The minimum absolute atomic E-state index is 0.0632. The van der Waals surface area contributed by atoms with E-state index in [-0.39, 0.29) is 28.3 Å². The van der Waals surface area contributed by atoms with E-state index in [1.54, 1.807) is 25.1 Å². The fourth-order valence-corrected chi connectivity index (χ4v) is 2.21. The summed E-state index contributed by atoms with van der Waals surface area (Å²) in [6, 6.07) is 9.19. The molecule has 0 N–H and O–H groups in total. The summed E-state index contributed by atoms with van der Waals surface area (Å²) in [5.41, 5.74) is 0.373. The van der Waals surface area contributed by atoms with Gasteiger partial charge >= 0.3 is 5.69 Å². The van der Waals surface area contributed by atoms with Crippen LogP contribution in [0.15, 0.2) is 36.4 Å². The summed E-state index contributed by atoms with van der Waals surface area (Å²) < 4.78 is 4.99. The Morgan fingerprint density at radius 3 is 1.95 bits per heavy atom. The molecular weight excluding hydrogens is 276 g/mol. The van der Waals surface area contributed by atoms with Gasteiger partial charge in [-0.2, -0.15) is 0 Å². The second kappa shape index (κ2) is 5.58. The van der Waals surface area contributed by atoms with E-state index in [9.17, 15) is 20.2 Å². The summed E-state index contributed by atoms with van der Waals surface area (Å²) in [6.45, 7) is 1.59. The Morgan fingerprint density at radius 2 is 1.43 bits per heavy atom. The summed E-state index contributed by atoms with van der Waals surface area (Å²) in [6.07, 6.45) is 0. The maximum Gasteiger partial charge on any atom is 0.318 e. The van der Waals surface area contributed by atoms with E-state index in [0.717, 1.165) is 0 Å². The lowest BCUT2D eigenvalue weighted by Crippen LogP contribution is -1.99. The second-order valence-electron chi connectivity index (χ2n) is 4.34. The summed E-state index contributed by atoms with van der Waals surface area (Å²) in [5.74, 6) is 0.0632. The summed E-state index contributed by atoms with van der Waals surface area (Å²) >= 11 is 0. The summed E-state index contributed by atoms with van der Waals surface area (Å²) in [5, 5.41) is 22.6. The van der Waals surface area contributed by atoms with Crippen LogP contribution in [0.1, 0.15) is 5.56 Å². The van der Waals surface area contributed by atoms with Crippen molar-refractivity contribution < 1.29 is 14.6 Å². The third kappa shape index (κ3) is 2.53. The Hall–Kier alpha value is -2.96. The van der Waals surface area contributed by atoms with Crippen LogP contribution in [0.2, 0.25) is 0 Å². The maximum atomic E-state index is 11.3. The fourth-order valence-electron chi connectivity index (χ4n) is 2.21. The molecule has 0 spiro atoms. The average Bonchev–Trinajstić information content (AvgIpc) is 2.45. The first-order valence-corrected chi connectivity index (χ1v) is 6.03. The highest BCUT2D eigenvalue weighted by Gasteiger charge is 2.27. The minimum atomic E-state index is -0.597. The van der Waals surface area contributed by atoms with Crippen molar-refractivity contribution >= 4 is 11.4 Å². The molecule has 0 atom stereocenters. The largest absolute Gasteiger partial charge is 0.490 e. The number of nitro groups is 2. The van der Waals surface area contributed by atoms with Crippen LogP contribution in [0, 0.1) is 27.2 Å². The van der Waals surface area contributed by atoms with Crippen LogP contribution in [-0.4, -0.2) is 17.0 Å². The number of benzene rings is 2. The number of ether oxygens (including phenoxy) is 1. The van der Waals surface area contributed by atoms with Crippen LogP contribution in [0.3, 0.4) is 0 Å². The second-order valence-corrected chi connectivity index (χ2v) is 4.34. The molecule has 21 heavy (non-hydrogen) atoms. The number of rotatable bonds is 4. The molecule has 0 fully saturated rings. The number of hydrogen-bond donors (Lipinski definition) is 0. The van der Waals surface area contributed by atoms with Crippen molar-refractivity contribution in [2.45, 2.75) is 6.92 Å². The number of para-hydroxylation sites is 2. The van der Waals surface area contributed by atoms with Crippen LogP contribution >= 0.6 is 0 Å². The smallest absolute Gasteiger partial charge is 0.318 e. The highest BCUT2D eigenvalue weighted by Crippen LogP contribution is 2.41. The van der Waals surface area contributed by atoms with Crippen LogP contribution in [0.25, 0.3) is 11.1 Å². The molecule has 0 heterocycles. The van der Waals surface area contributed by atoms with Crippen molar-refractivity contribution in [3.05, 3.63) is 62.2 Å². The molecule has 2 rings (SSSR count). The zero-order valence-corrected chi connectivity index (χ0v) is 11.4. The molecule has 0 bridgehead atoms. The molecule has 0 amide bonds. The van der Waals surface area contributed by atoms with Crippen LogP contribution < -0.4 is 4.74 Å². The Labute approximate surface area is 120 Å². The molecule has 0 aromatic heterocycles. The third-order valence-electron chi connectivity index (χ3n) is 3.11. The van der Waals surface area contributed by atoms with Gasteiger partial charge in [-0.1, -0.05) is 18.2 Å². The number of methoxy groups -OCH3 is 1. The van der Waals surface area contributed by atoms with E-state index in [1.165, 1.54) is 25.3 Å². The molecule has 0 radical (unpaired) electrons. The Bertz CT molecular complexity index is 727. The summed E-state index contributed by atoms with van der Waals surface area (Å²) in [7, 11) is 1.32. The lowest BCUT2D eigenvalue weighted by atomic mass is 9.99. The quantitative estimate of drug-likeness (QED) is 0.633. The molecule has 2 aromatic rings. The van der Waals surface area contributed by atoms with E-state index < -0.39 is 9.85 Å². The van der Waals surface area contributed by atoms with Crippen molar-refractivity contribution in [3.8, 4) is 16.9 Å². The van der Waals surface area contributed by atoms with Crippen molar-refractivity contribution in [2.75, 3.05) is 7.11 Å². The molecule has 7 heteroatoms. The van der Waals surface area contributed by atoms with E-state index in [0.29, 0.717) is 5.56 Å². The van der Waals surface area contributed by atoms with Gasteiger partial charge in [-0.05, 0) is 25.1 Å². The first-order chi connectivity index (χ1) is 9.97. The molecule has 0 unspecified atom stereocenters. The monoisotopic (exact) mass is 288 g/mol. The fraction of sp³-hybridized carbons (Fsp3) is 0.143. The predicted octanol–water partition coefficient (Wildman–Crippen LogP) is 3.49. The molecule has 7 nitrogen and oxygen atoms in total. The van der Waals surface area contributed by atoms with Gasteiger partial charge in [0.1, 0.15) is 0 Å². The molecule has 0 saturated carbocycles. The minimum Gasteiger partial charge on any atom is -0.490 e. The maximum absolute atomic E-state index is 11.3. The molecule has 0 aliphatic rings. The first kappa shape index (κ1) is 14.4. The topological polar surface area (TPSA) is 95.5 Å². The van der Waals surface area contributed by atoms with E-state index in [1.807, 2.05) is 0 Å². The van der Waals surface area contributed by atoms with Gasteiger partial charge in [0.05, 0.1) is 28.1 Å². The Kier molecular flexibility index (Phi) is 3.84. The highest BCUT2D eigenvalue weighted by atomic mass is 16.6. The lowest BCUT2D eigenvalue weighted by molar-refractivity contribution is -0.387. The van der Waals surface area contributed by atoms with Gasteiger partial charge in [-0.25, -0.2) is 0 Å². The van der Waals surface area contributed by atoms with Crippen molar-refractivity contribution in [2.24, 2.45) is 0 Å².